The molecule has 1 fully saturated rings. The van der Waals surface area contributed by atoms with Gasteiger partial charge in [0.15, 0.2) is 0 Å². The van der Waals surface area contributed by atoms with Crippen LogP contribution in [-0.2, 0) is 4.79 Å². The number of amides is 1. The summed E-state index contributed by atoms with van der Waals surface area (Å²) in [5.74, 6) is 0.489. The van der Waals surface area contributed by atoms with Gasteiger partial charge in [-0.05, 0) is 32.9 Å². The number of hydrogen-bond acceptors (Lipinski definition) is 2. The van der Waals surface area contributed by atoms with Crippen molar-refractivity contribution in [3.05, 3.63) is 0 Å². The molecule has 15 heavy (non-hydrogen) atoms. The first-order valence-electron chi connectivity index (χ1n) is 6.20. The lowest BCUT2D eigenvalue weighted by Crippen LogP contribution is -2.41. The minimum atomic E-state index is 0.227. The molecule has 0 aliphatic carbocycles. The summed E-state index contributed by atoms with van der Waals surface area (Å²) in [6, 6.07) is 0. The molecule has 0 saturated carbocycles. The first-order chi connectivity index (χ1) is 7.24. The normalized spacial score (nSPS) is 22.7. The van der Waals surface area contributed by atoms with Gasteiger partial charge in [0.1, 0.15) is 0 Å². The molecule has 1 aliphatic heterocycles. The molecule has 0 bridgehead atoms. The van der Waals surface area contributed by atoms with Crippen molar-refractivity contribution < 1.29 is 4.79 Å². The lowest BCUT2D eigenvalue weighted by Gasteiger charge is -2.28. The van der Waals surface area contributed by atoms with Crippen LogP contribution in [0.1, 0.15) is 39.0 Å². The van der Waals surface area contributed by atoms with E-state index in [1.54, 1.807) is 0 Å². The summed E-state index contributed by atoms with van der Waals surface area (Å²) in [4.78, 5) is 14.0. The van der Waals surface area contributed by atoms with Gasteiger partial charge in [-0.1, -0.05) is 19.8 Å². The van der Waals surface area contributed by atoms with E-state index in [0.717, 1.165) is 38.9 Å². The quantitative estimate of drug-likeness (QED) is 0.703. The van der Waals surface area contributed by atoms with E-state index in [9.17, 15) is 4.79 Å². The zero-order chi connectivity index (χ0) is 11.1. The maximum Gasteiger partial charge on any atom is 0.224 e. The van der Waals surface area contributed by atoms with Gasteiger partial charge < -0.3 is 10.2 Å². The van der Waals surface area contributed by atoms with E-state index >= 15 is 0 Å². The highest BCUT2D eigenvalue weighted by Gasteiger charge is 2.23. The molecule has 0 spiro atoms. The molecule has 0 aromatic carbocycles. The van der Waals surface area contributed by atoms with Crippen LogP contribution in [0, 0.1) is 5.92 Å². The topological polar surface area (TPSA) is 32.3 Å². The third-order valence-electron chi connectivity index (χ3n) is 3.07. The van der Waals surface area contributed by atoms with Crippen LogP contribution in [0.4, 0.5) is 0 Å². The molecule has 88 valence electrons. The van der Waals surface area contributed by atoms with Crippen LogP contribution in [0.15, 0.2) is 0 Å². The minimum Gasteiger partial charge on any atom is -0.356 e. The van der Waals surface area contributed by atoms with E-state index in [1.165, 1.54) is 12.8 Å². The number of piperidine rings is 1. The Morgan fingerprint density at radius 1 is 1.47 bits per heavy atom. The Morgan fingerprint density at radius 3 is 2.93 bits per heavy atom. The molecule has 1 amide bonds. The monoisotopic (exact) mass is 212 g/mol. The van der Waals surface area contributed by atoms with Crippen molar-refractivity contribution in [2.24, 2.45) is 5.92 Å². The van der Waals surface area contributed by atoms with Gasteiger partial charge >= 0.3 is 0 Å². The molecular weight excluding hydrogens is 188 g/mol. The maximum absolute atomic E-state index is 11.8. The van der Waals surface area contributed by atoms with Crippen LogP contribution in [0.3, 0.4) is 0 Å². The van der Waals surface area contributed by atoms with Gasteiger partial charge in [-0.25, -0.2) is 0 Å². The Kier molecular flexibility index (Phi) is 5.69. The number of carbonyl (C=O) groups excluding carboxylic acids is 1. The Balaban J connectivity index is 2.15. The number of rotatable bonds is 5. The van der Waals surface area contributed by atoms with Gasteiger partial charge in [0.2, 0.25) is 5.91 Å². The summed E-state index contributed by atoms with van der Waals surface area (Å²) in [6.07, 6.45) is 5.76. The smallest absolute Gasteiger partial charge is 0.224 e. The van der Waals surface area contributed by atoms with Crippen molar-refractivity contribution in [1.82, 2.24) is 10.2 Å². The molecule has 1 atom stereocenters. The average molecular weight is 212 g/mol. The van der Waals surface area contributed by atoms with Crippen molar-refractivity contribution in [3.63, 3.8) is 0 Å². The Hall–Kier alpha value is -0.570. The third-order valence-corrected chi connectivity index (χ3v) is 3.07. The summed E-state index contributed by atoms with van der Waals surface area (Å²) in [5.41, 5.74) is 0. The first kappa shape index (κ1) is 12.5. The highest BCUT2D eigenvalue weighted by molar-refractivity contribution is 5.78. The molecule has 0 aromatic rings. The Labute approximate surface area is 93.2 Å². The van der Waals surface area contributed by atoms with E-state index in [2.05, 4.69) is 24.2 Å². The van der Waals surface area contributed by atoms with E-state index in [4.69, 9.17) is 0 Å². The standard InChI is InChI=1S/C12H24N2O/c1-3-4-5-8-13-12(15)11-7-6-9-14(2)10-11/h11H,3-10H2,1-2H3,(H,13,15). The van der Waals surface area contributed by atoms with Gasteiger partial charge in [-0.15, -0.1) is 0 Å². The third kappa shape index (κ3) is 4.65. The minimum absolute atomic E-state index is 0.227. The molecule has 3 nitrogen and oxygen atoms in total. The first-order valence-corrected chi connectivity index (χ1v) is 6.20. The van der Waals surface area contributed by atoms with Crippen molar-refractivity contribution in [2.45, 2.75) is 39.0 Å². The molecular formula is C12H24N2O. The molecule has 1 saturated heterocycles. The highest BCUT2D eigenvalue weighted by Crippen LogP contribution is 2.14. The summed E-state index contributed by atoms with van der Waals surface area (Å²) in [5, 5.41) is 3.04. The molecule has 0 aromatic heterocycles. The summed E-state index contributed by atoms with van der Waals surface area (Å²) >= 11 is 0. The Bertz CT molecular complexity index is 194. The van der Waals surface area contributed by atoms with Gasteiger partial charge in [0.25, 0.3) is 0 Å². The summed E-state index contributed by atoms with van der Waals surface area (Å²) in [6.45, 7) is 5.10. The van der Waals surface area contributed by atoms with Crippen LogP contribution in [-0.4, -0.2) is 37.5 Å². The molecule has 1 heterocycles. The second-order valence-electron chi connectivity index (χ2n) is 4.60. The molecule has 1 unspecified atom stereocenters. The van der Waals surface area contributed by atoms with Crippen molar-refractivity contribution in [2.75, 3.05) is 26.7 Å². The number of hydrogen-bond donors (Lipinski definition) is 1. The highest BCUT2D eigenvalue weighted by atomic mass is 16.1. The van der Waals surface area contributed by atoms with Gasteiger partial charge in [0, 0.05) is 13.1 Å². The Morgan fingerprint density at radius 2 is 2.27 bits per heavy atom. The van der Waals surface area contributed by atoms with Gasteiger partial charge in [0.05, 0.1) is 5.92 Å². The molecule has 1 rings (SSSR count). The molecule has 1 aliphatic rings. The second-order valence-corrected chi connectivity index (χ2v) is 4.60. The van der Waals surface area contributed by atoms with Gasteiger partial charge in [-0.3, -0.25) is 4.79 Å². The van der Waals surface area contributed by atoms with E-state index in [-0.39, 0.29) is 11.8 Å². The molecule has 0 radical (unpaired) electrons. The average Bonchev–Trinajstić information content (AvgIpc) is 2.24. The number of likely N-dealkylation sites (tertiary alicyclic amines) is 1. The second kappa shape index (κ2) is 6.83. The fourth-order valence-corrected chi connectivity index (χ4v) is 2.11. The lowest BCUT2D eigenvalue weighted by atomic mass is 9.97. The van der Waals surface area contributed by atoms with Crippen LogP contribution in [0.25, 0.3) is 0 Å². The predicted molar refractivity (Wildman–Crippen MR) is 62.8 cm³/mol. The molecule has 1 N–H and O–H groups in total. The predicted octanol–water partition coefficient (Wildman–Crippen LogP) is 1.63. The zero-order valence-corrected chi connectivity index (χ0v) is 10.1. The zero-order valence-electron chi connectivity index (χ0n) is 10.1. The number of nitrogens with zero attached hydrogens (tertiary/aromatic N) is 1. The summed E-state index contributed by atoms with van der Waals surface area (Å²) < 4.78 is 0. The fourth-order valence-electron chi connectivity index (χ4n) is 2.11. The van der Waals surface area contributed by atoms with E-state index < -0.39 is 0 Å². The van der Waals surface area contributed by atoms with Crippen LogP contribution >= 0.6 is 0 Å². The number of unbranched alkanes of at least 4 members (excludes halogenated alkanes) is 2. The summed E-state index contributed by atoms with van der Waals surface area (Å²) in [7, 11) is 2.09. The van der Waals surface area contributed by atoms with Crippen molar-refractivity contribution in [1.29, 1.82) is 0 Å². The largest absolute Gasteiger partial charge is 0.356 e. The lowest BCUT2D eigenvalue weighted by molar-refractivity contribution is -0.126. The van der Waals surface area contributed by atoms with E-state index in [0.29, 0.717) is 0 Å². The van der Waals surface area contributed by atoms with Gasteiger partial charge in [-0.2, -0.15) is 0 Å². The number of nitrogens with one attached hydrogen (secondary N) is 1. The van der Waals surface area contributed by atoms with Crippen molar-refractivity contribution in [3.8, 4) is 0 Å². The fraction of sp³-hybridized carbons (Fsp3) is 0.917. The number of carbonyl (C=O) groups is 1. The SMILES string of the molecule is CCCCCNC(=O)C1CCCN(C)C1. The van der Waals surface area contributed by atoms with E-state index in [1.807, 2.05) is 0 Å². The van der Waals surface area contributed by atoms with Crippen LogP contribution in [0.5, 0.6) is 0 Å². The van der Waals surface area contributed by atoms with Crippen molar-refractivity contribution >= 4 is 5.91 Å². The van der Waals surface area contributed by atoms with Crippen LogP contribution in [0.2, 0.25) is 0 Å². The molecule has 3 heteroatoms. The van der Waals surface area contributed by atoms with Crippen LogP contribution < -0.4 is 5.32 Å². The maximum atomic E-state index is 11.8.